The van der Waals surface area contributed by atoms with Crippen LogP contribution in [0.2, 0.25) is 0 Å². The van der Waals surface area contributed by atoms with Gasteiger partial charge in [0.15, 0.2) is 0 Å². The van der Waals surface area contributed by atoms with Gasteiger partial charge in [-0.3, -0.25) is 0 Å². The van der Waals surface area contributed by atoms with E-state index in [9.17, 15) is 4.79 Å². The van der Waals surface area contributed by atoms with Gasteiger partial charge >= 0.3 is 6.09 Å². The molecule has 0 aromatic heterocycles. The van der Waals surface area contributed by atoms with Crippen LogP contribution in [0, 0.1) is 17.8 Å². The van der Waals surface area contributed by atoms with Gasteiger partial charge in [0, 0.05) is 12.6 Å². The number of nitrogens with zero attached hydrogens (tertiary/aromatic N) is 1. The first-order valence-electron chi connectivity index (χ1n) is 8.33. The normalized spacial score (nSPS) is 25.5. The highest BCUT2D eigenvalue weighted by Gasteiger charge is 2.33. The zero-order valence-corrected chi connectivity index (χ0v) is 13.9. The summed E-state index contributed by atoms with van der Waals surface area (Å²) in [6.07, 6.45) is 5.21. The molecule has 0 heterocycles. The number of amides is 1. The van der Waals surface area contributed by atoms with Crippen LogP contribution in [-0.2, 0) is 11.2 Å². The van der Waals surface area contributed by atoms with Crippen LogP contribution in [0.3, 0.4) is 0 Å². The van der Waals surface area contributed by atoms with Crippen molar-refractivity contribution < 1.29 is 9.53 Å². The summed E-state index contributed by atoms with van der Waals surface area (Å²) in [6.45, 7) is 6.65. The van der Waals surface area contributed by atoms with Crippen LogP contribution < -0.4 is 0 Å². The molecule has 1 aromatic rings. The summed E-state index contributed by atoms with van der Waals surface area (Å²) >= 11 is 0. The number of rotatable bonds is 4. The van der Waals surface area contributed by atoms with E-state index < -0.39 is 6.09 Å². The van der Waals surface area contributed by atoms with Crippen LogP contribution in [0.5, 0.6) is 0 Å². The summed E-state index contributed by atoms with van der Waals surface area (Å²) in [7, 11) is 0. The van der Waals surface area contributed by atoms with Gasteiger partial charge in [-0.05, 0) is 36.2 Å². The third-order valence-corrected chi connectivity index (χ3v) is 4.58. The van der Waals surface area contributed by atoms with Crippen molar-refractivity contribution in [3.63, 3.8) is 0 Å². The Labute approximate surface area is 133 Å². The van der Waals surface area contributed by atoms with Crippen LogP contribution in [0.1, 0.15) is 45.6 Å². The number of benzene rings is 1. The summed E-state index contributed by atoms with van der Waals surface area (Å²) in [4.78, 5) is 15.9. The molecule has 0 bridgehead atoms. The summed E-state index contributed by atoms with van der Waals surface area (Å²) in [6, 6.07) is 9.99. The monoisotopic (exact) mass is 301 g/mol. The Bertz CT molecular complexity index is 495. The predicted octanol–water partition coefficient (Wildman–Crippen LogP) is 4.90. The minimum Gasteiger partial charge on any atom is -0.444 e. The SMILES string of the molecule is CC(C)[C@@H]1CC[C@@H](C)C[C@H]1OC(=O)/N=C/Cc1ccccc1. The minimum absolute atomic E-state index is 0.0186. The van der Waals surface area contributed by atoms with E-state index in [0.29, 0.717) is 24.2 Å². The Morgan fingerprint density at radius 3 is 2.73 bits per heavy atom. The van der Waals surface area contributed by atoms with Gasteiger partial charge < -0.3 is 4.74 Å². The molecule has 2 rings (SSSR count). The Kier molecular flexibility index (Phi) is 6.17. The quantitative estimate of drug-likeness (QED) is 0.742. The topological polar surface area (TPSA) is 38.7 Å². The summed E-state index contributed by atoms with van der Waals surface area (Å²) in [5.74, 6) is 1.63. The molecule has 1 aliphatic rings. The lowest BCUT2D eigenvalue weighted by Crippen LogP contribution is -2.35. The second-order valence-corrected chi connectivity index (χ2v) is 6.75. The summed E-state index contributed by atoms with van der Waals surface area (Å²) in [5, 5.41) is 0. The van der Waals surface area contributed by atoms with Crippen molar-refractivity contribution in [1.82, 2.24) is 0 Å². The van der Waals surface area contributed by atoms with E-state index in [1.807, 2.05) is 30.3 Å². The lowest BCUT2D eigenvalue weighted by Gasteiger charge is -2.36. The van der Waals surface area contributed by atoms with Gasteiger partial charge in [-0.1, -0.05) is 57.5 Å². The molecule has 3 nitrogen and oxygen atoms in total. The van der Waals surface area contributed by atoms with Gasteiger partial charge in [0.25, 0.3) is 0 Å². The van der Waals surface area contributed by atoms with Crippen molar-refractivity contribution in [2.75, 3.05) is 0 Å². The van der Waals surface area contributed by atoms with Crippen molar-refractivity contribution in [3.05, 3.63) is 35.9 Å². The first kappa shape index (κ1) is 16.7. The van der Waals surface area contributed by atoms with Crippen LogP contribution in [0.25, 0.3) is 0 Å². The Morgan fingerprint density at radius 1 is 1.32 bits per heavy atom. The van der Waals surface area contributed by atoms with E-state index in [-0.39, 0.29) is 6.10 Å². The number of hydrogen-bond donors (Lipinski definition) is 0. The smallest absolute Gasteiger partial charge is 0.433 e. The molecule has 1 fully saturated rings. The lowest BCUT2D eigenvalue weighted by molar-refractivity contribution is 0.0108. The zero-order chi connectivity index (χ0) is 15.9. The molecule has 0 N–H and O–H groups in total. The van der Waals surface area contributed by atoms with Crippen molar-refractivity contribution >= 4 is 12.3 Å². The highest BCUT2D eigenvalue weighted by Crippen LogP contribution is 2.35. The van der Waals surface area contributed by atoms with E-state index in [1.54, 1.807) is 6.21 Å². The van der Waals surface area contributed by atoms with Crippen molar-refractivity contribution in [2.24, 2.45) is 22.7 Å². The fraction of sp³-hybridized carbons (Fsp3) is 0.579. The third kappa shape index (κ3) is 4.97. The molecule has 0 radical (unpaired) electrons. The molecule has 1 aliphatic carbocycles. The van der Waals surface area contributed by atoms with Gasteiger partial charge in [-0.25, -0.2) is 4.79 Å². The van der Waals surface area contributed by atoms with E-state index in [2.05, 4.69) is 25.8 Å². The Balaban J connectivity index is 1.86. The Hall–Kier alpha value is -1.64. The molecule has 1 saturated carbocycles. The van der Waals surface area contributed by atoms with Gasteiger partial charge in [0.1, 0.15) is 6.10 Å². The lowest BCUT2D eigenvalue weighted by atomic mass is 9.75. The molecular formula is C19H27NO2. The van der Waals surface area contributed by atoms with Crippen molar-refractivity contribution in [2.45, 2.75) is 52.6 Å². The number of hydrogen-bond acceptors (Lipinski definition) is 2. The minimum atomic E-state index is -0.444. The molecule has 1 aromatic carbocycles. The molecule has 120 valence electrons. The largest absolute Gasteiger partial charge is 0.444 e. The standard InChI is InChI=1S/C19H27NO2/c1-14(2)17-10-9-15(3)13-18(17)22-19(21)20-12-11-16-7-5-4-6-8-16/h4-8,12,14-15,17-18H,9-11,13H2,1-3H3/b20-12+/t15-,17+,18-/m1/s1. The number of aliphatic imine (C=N–C) groups is 1. The van der Waals surface area contributed by atoms with Gasteiger partial charge in [-0.15, -0.1) is 0 Å². The van der Waals surface area contributed by atoms with Crippen LogP contribution >= 0.6 is 0 Å². The predicted molar refractivity (Wildman–Crippen MR) is 90.3 cm³/mol. The first-order valence-corrected chi connectivity index (χ1v) is 8.33. The maximum atomic E-state index is 12.0. The second-order valence-electron chi connectivity index (χ2n) is 6.75. The molecular weight excluding hydrogens is 274 g/mol. The molecule has 0 aliphatic heterocycles. The molecule has 0 saturated heterocycles. The van der Waals surface area contributed by atoms with E-state index in [0.717, 1.165) is 18.4 Å². The number of ether oxygens (including phenoxy) is 1. The maximum Gasteiger partial charge on any atom is 0.433 e. The van der Waals surface area contributed by atoms with E-state index >= 15 is 0 Å². The fourth-order valence-electron chi connectivity index (χ4n) is 3.25. The summed E-state index contributed by atoms with van der Waals surface area (Å²) in [5.41, 5.74) is 1.14. The number of carbonyl (C=O) groups is 1. The average Bonchev–Trinajstić information content (AvgIpc) is 2.48. The third-order valence-electron chi connectivity index (χ3n) is 4.58. The summed E-state index contributed by atoms with van der Waals surface area (Å²) < 4.78 is 5.64. The van der Waals surface area contributed by atoms with E-state index in [4.69, 9.17) is 4.74 Å². The molecule has 1 amide bonds. The van der Waals surface area contributed by atoms with Crippen LogP contribution in [-0.4, -0.2) is 18.4 Å². The molecule has 22 heavy (non-hydrogen) atoms. The highest BCUT2D eigenvalue weighted by atomic mass is 16.6. The van der Waals surface area contributed by atoms with Gasteiger partial charge in [0.2, 0.25) is 0 Å². The highest BCUT2D eigenvalue weighted by molar-refractivity contribution is 5.80. The molecule has 3 atom stereocenters. The Morgan fingerprint density at radius 2 is 2.05 bits per heavy atom. The molecule has 0 unspecified atom stereocenters. The number of carbonyl (C=O) groups excluding carboxylic acids is 1. The second kappa shape index (κ2) is 8.11. The average molecular weight is 301 g/mol. The zero-order valence-electron chi connectivity index (χ0n) is 13.9. The maximum absolute atomic E-state index is 12.0. The van der Waals surface area contributed by atoms with E-state index in [1.165, 1.54) is 6.42 Å². The van der Waals surface area contributed by atoms with Crippen molar-refractivity contribution in [1.29, 1.82) is 0 Å². The fourth-order valence-corrected chi connectivity index (χ4v) is 3.25. The van der Waals surface area contributed by atoms with Crippen LogP contribution in [0.4, 0.5) is 4.79 Å². The molecule has 3 heteroatoms. The van der Waals surface area contributed by atoms with Crippen molar-refractivity contribution in [3.8, 4) is 0 Å². The van der Waals surface area contributed by atoms with Gasteiger partial charge in [0.05, 0.1) is 0 Å². The van der Waals surface area contributed by atoms with Crippen LogP contribution in [0.15, 0.2) is 35.3 Å². The van der Waals surface area contributed by atoms with Gasteiger partial charge in [-0.2, -0.15) is 4.99 Å². The first-order chi connectivity index (χ1) is 10.6. The molecule has 0 spiro atoms.